The summed E-state index contributed by atoms with van der Waals surface area (Å²) < 4.78 is 60.3. The van der Waals surface area contributed by atoms with Crippen LogP contribution in [0.4, 0.5) is 0 Å². The molecule has 12 rings (SSSR count). The second-order valence-electron chi connectivity index (χ2n) is 26.9. The molecular weight excluding hydrogens is 1080 g/mol. The summed E-state index contributed by atoms with van der Waals surface area (Å²) in [5.74, 6) is 2.10. The first-order valence-electron chi connectivity index (χ1n) is 30.4. The van der Waals surface area contributed by atoms with Gasteiger partial charge in [-0.05, 0) is 127 Å². The van der Waals surface area contributed by atoms with Gasteiger partial charge in [0.25, 0.3) is 0 Å². The number of ether oxygens (including phenoxy) is 11. The van der Waals surface area contributed by atoms with E-state index in [1.54, 1.807) is 13.8 Å². The Labute approximate surface area is 497 Å². The number of fused-ring (bicyclic) bond motifs is 2. The van der Waals surface area contributed by atoms with E-state index in [1.807, 2.05) is 59.8 Å². The first kappa shape index (κ1) is 65.9. The summed E-state index contributed by atoms with van der Waals surface area (Å²) in [6.07, 6.45) is 18.0. The molecule has 13 unspecified atom stereocenters. The maximum absolute atomic E-state index is 11.5. The summed E-state index contributed by atoms with van der Waals surface area (Å²) in [5, 5.41) is 0. The first-order valence-corrected chi connectivity index (χ1v) is 30.4. The summed E-state index contributed by atoms with van der Waals surface area (Å²) in [6, 6.07) is 8.21. The van der Waals surface area contributed by atoms with E-state index in [0.29, 0.717) is 23.5 Å². The quantitative estimate of drug-likeness (QED) is 0.0616. The molecule has 4 aliphatic heterocycles. The number of hydrogen-bond donors (Lipinski definition) is 0. The van der Waals surface area contributed by atoms with Gasteiger partial charge >= 0.3 is 35.8 Å². The van der Waals surface area contributed by atoms with Crippen LogP contribution in [0.25, 0.3) is 6.08 Å². The standard InChI is InChI=1S/C21H28O2.C14H24O3.C12H14O4.C11H12O5.C9H16O3/c1-3-15-5-7-19(8-6-15)23-20(22-4-2)21-12-16-9-17(13-21)11-18(10-16)14-21;1-5-12(15)17-13(14(2,3)4)16-11-9-7-6-8-10-11;1-5(2)11(13)15-9-6-3-7-8(4-6)12(14)16-10(7)9;1-4(2)10(12)15-8-6-3-5-7(14-6)9(8)16-11(5)13;1-6-7(10)12-8(11-5)9(2,3)4/h3,5-8,16-18,20H,1,4,9-14H2,2H3;5,11,13H,1,6-10H2,2-4H3;6-10H,1,3-4H2,2H3;5-9H,1,3H2,2H3;6,8H,1H2,2-5H3. The highest BCUT2D eigenvalue weighted by molar-refractivity contribution is 5.88. The third kappa shape index (κ3) is 16.1. The zero-order valence-electron chi connectivity index (χ0n) is 51.4. The van der Waals surface area contributed by atoms with Gasteiger partial charge in [0, 0.05) is 65.1 Å². The number of methoxy groups -OCH3 is 1. The Hall–Kier alpha value is -5.62. The lowest BCUT2D eigenvalue weighted by Crippen LogP contribution is -2.54. The Bertz CT molecular complexity index is 2440. The van der Waals surface area contributed by atoms with Crippen LogP contribution >= 0.6 is 0 Å². The molecule has 1 aromatic carbocycles. The molecule has 464 valence electrons. The molecule has 11 aliphatic rings. The van der Waals surface area contributed by atoms with Crippen LogP contribution in [0.15, 0.2) is 80.5 Å². The molecule has 84 heavy (non-hydrogen) atoms. The second-order valence-corrected chi connectivity index (χ2v) is 26.9. The predicted molar refractivity (Wildman–Crippen MR) is 313 cm³/mol. The fourth-order valence-electron chi connectivity index (χ4n) is 14.3. The zero-order valence-corrected chi connectivity index (χ0v) is 51.4. The number of carbonyl (C=O) groups is 6. The van der Waals surface area contributed by atoms with Gasteiger partial charge in [0.2, 0.25) is 18.9 Å². The molecule has 13 atom stereocenters. The van der Waals surface area contributed by atoms with Gasteiger partial charge in [0.15, 0.2) is 12.2 Å². The summed E-state index contributed by atoms with van der Waals surface area (Å²) in [5.41, 5.74) is 1.68. The minimum atomic E-state index is -0.525. The summed E-state index contributed by atoms with van der Waals surface area (Å²) in [7, 11) is 1.51. The Morgan fingerprint density at radius 3 is 1.70 bits per heavy atom. The Morgan fingerprint density at radius 1 is 0.679 bits per heavy atom. The van der Waals surface area contributed by atoms with Crippen LogP contribution in [0.3, 0.4) is 0 Å². The van der Waals surface area contributed by atoms with Crippen molar-refractivity contribution < 1.29 is 80.9 Å². The van der Waals surface area contributed by atoms with Crippen LogP contribution in [-0.2, 0) is 76.1 Å². The van der Waals surface area contributed by atoms with Gasteiger partial charge in [0.1, 0.15) is 24.1 Å². The molecule has 0 spiro atoms. The number of carbonyl (C=O) groups excluding carboxylic acids is 6. The van der Waals surface area contributed by atoms with Crippen molar-refractivity contribution in [2.75, 3.05) is 13.7 Å². The molecule has 0 amide bonds. The minimum Gasteiger partial charge on any atom is -0.464 e. The summed E-state index contributed by atoms with van der Waals surface area (Å²) in [6.45, 7) is 35.4. The van der Waals surface area contributed by atoms with E-state index in [9.17, 15) is 28.8 Å². The van der Waals surface area contributed by atoms with Crippen LogP contribution in [0.2, 0.25) is 0 Å². The van der Waals surface area contributed by atoms with E-state index in [-0.39, 0.29) is 88.7 Å². The van der Waals surface area contributed by atoms with Crippen LogP contribution < -0.4 is 4.74 Å². The lowest BCUT2D eigenvalue weighted by molar-refractivity contribution is -0.217. The molecule has 4 saturated heterocycles. The Morgan fingerprint density at radius 2 is 1.20 bits per heavy atom. The number of hydrogen-bond acceptors (Lipinski definition) is 17. The number of benzene rings is 1. The van der Waals surface area contributed by atoms with Crippen molar-refractivity contribution in [3.63, 3.8) is 0 Å². The highest BCUT2D eigenvalue weighted by Gasteiger charge is 2.66. The van der Waals surface area contributed by atoms with Crippen molar-refractivity contribution >= 4 is 41.9 Å². The minimum absolute atomic E-state index is 0.0646. The van der Waals surface area contributed by atoms with Crippen LogP contribution in [0.1, 0.15) is 158 Å². The molecular formula is C67H94O17. The van der Waals surface area contributed by atoms with Crippen LogP contribution in [0, 0.1) is 57.7 Å². The number of rotatable bonds is 17. The van der Waals surface area contributed by atoms with Crippen molar-refractivity contribution in [2.24, 2.45) is 57.7 Å². The third-order valence-electron chi connectivity index (χ3n) is 17.9. The molecule has 17 heteroatoms. The topological polar surface area (TPSA) is 204 Å². The van der Waals surface area contributed by atoms with Gasteiger partial charge in [0.05, 0.1) is 24.0 Å². The SMILES string of the molecule is C=C(C)C(=O)OC1C2CC3C(=O)OC1C3C2.C=C(C)C(=O)OC1C2CC3C(=O)OC1C3O2.C=CC(=O)OC(OC)C(C)(C)C.C=CC(=O)OC(OC1CCCCC1)C(C)(C)C.C=Cc1ccc(OC(OCC)C23CC4CC(CC(C4)C2)C3)cc1. The lowest BCUT2D eigenvalue weighted by Gasteiger charge is -2.58. The average Bonchev–Trinajstić information content (AvgIpc) is 1.73. The first-order chi connectivity index (χ1) is 39.7. The Balaban J connectivity index is 0.000000153. The van der Waals surface area contributed by atoms with E-state index in [0.717, 1.165) is 67.4 Å². The molecule has 8 bridgehead atoms. The molecule has 4 heterocycles. The van der Waals surface area contributed by atoms with E-state index in [1.165, 1.54) is 71.0 Å². The molecule has 1 aromatic rings. The maximum Gasteiger partial charge on any atom is 0.333 e. The summed E-state index contributed by atoms with van der Waals surface area (Å²) in [4.78, 5) is 67.9. The van der Waals surface area contributed by atoms with E-state index in [4.69, 9.17) is 52.1 Å². The fourth-order valence-corrected chi connectivity index (χ4v) is 14.3. The van der Waals surface area contributed by atoms with Crippen molar-refractivity contribution in [1.29, 1.82) is 0 Å². The molecule has 11 fully saturated rings. The average molecular weight is 1170 g/mol. The van der Waals surface area contributed by atoms with Crippen molar-refractivity contribution in [1.82, 2.24) is 0 Å². The van der Waals surface area contributed by atoms with Gasteiger partial charge in [-0.15, -0.1) is 0 Å². The van der Waals surface area contributed by atoms with Gasteiger partial charge in [-0.25, -0.2) is 19.2 Å². The second kappa shape index (κ2) is 28.3. The largest absolute Gasteiger partial charge is 0.464 e. The van der Waals surface area contributed by atoms with Crippen LogP contribution in [-0.4, -0.2) is 111 Å². The Kier molecular flexibility index (Phi) is 22.2. The molecule has 0 aromatic heterocycles. The van der Waals surface area contributed by atoms with Gasteiger partial charge < -0.3 is 52.1 Å². The van der Waals surface area contributed by atoms with E-state index >= 15 is 0 Å². The molecule has 17 nitrogen and oxygen atoms in total. The molecule has 7 saturated carbocycles. The fraction of sp³-hybridized carbons (Fsp3) is 0.672. The maximum atomic E-state index is 11.5. The highest BCUT2D eigenvalue weighted by Crippen LogP contribution is 2.62. The van der Waals surface area contributed by atoms with E-state index in [2.05, 4.69) is 52.0 Å². The van der Waals surface area contributed by atoms with Crippen molar-refractivity contribution in [2.45, 2.75) is 214 Å². The lowest BCUT2D eigenvalue weighted by atomic mass is 9.49. The number of esters is 6. The summed E-state index contributed by atoms with van der Waals surface area (Å²) >= 11 is 0. The van der Waals surface area contributed by atoms with E-state index < -0.39 is 42.7 Å². The monoisotopic (exact) mass is 1170 g/mol. The zero-order chi connectivity index (χ0) is 61.4. The van der Waals surface area contributed by atoms with Crippen LogP contribution in [0.5, 0.6) is 5.75 Å². The highest BCUT2D eigenvalue weighted by atomic mass is 16.7. The van der Waals surface area contributed by atoms with Gasteiger partial charge in [-0.1, -0.05) is 112 Å². The van der Waals surface area contributed by atoms with Crippen molar-refractivity contribution in [3.8, 4) is 5.75 Å². The smallest absolute Gasteiger partial charge is 0.333 e. The molecule has 0 radical (unpaired) electrons. The van der Waals surface area contributed by atoms with Crippen molar-refractivity contribution in [3.05, 3.63) is 86.0 Å². The molecule has 0 N–H and O–H groups in total. The normalized spacial score (nSPS) is 32.3. The third-order valence-corrected chi connectivity index (χ3v) is 17.9. The van der Waals surface area contributed by atoms with Gasteiger partial charge in [-0.2, -0.15) is 0 Å². The molecule has 7 aliphatic carbocycles. The predicted octanol–water partition coefficient (Wildman–Crippen LogP) is 11.7. The van der Waals surface area contributed by atoms with Gasteiger partial charge in [-0.3, -0.25) is 9.59 Å².